The summed E-state index contributed by atoms with van der Waals surface area (Å²) in [5.41, 5.74) is 2.81. The van der Waals surface area contributed by atoms with Crippen molar-refractivity contribution < 1.29 is 5.11 Å². The van der Waals surface area contributed by atoms with Crippen LogP contribution in [-0.4, -0.2) is 24.7 Å². The lowest BCUT2D eigenvalue weighted by Gasteiger charge is -2.02. The summed E-state index contributed by atoms with van der Waals surface area (Å²) in [4.78, 5) is 18.5. The van der Waals surface area contributed by atoms with Gasteiger partial charge in [-0.25, -0.2) is 0 Å². The molecule has 3 aromatic heterocycles. The summed E-state index contributed by atoms with van der Waals surface area (Å²) < 4.78 is 1.35. The number of H-pyrrole nitrogens is 1. The van der Waals surface area contributed by atoms with Crippen LogP contribution >= 0.6 is 0 Å². The molecule has 0 aliphatic heterocycles. The molecule has 2 N–H and O–H groups in total. The third kappa shape index (κ3) is 1.61. The van der Waals surface area contributed by atoms with Crippen molar-refractivity contribution >= 4 is 5.65 Å². The van der Waals surface area contributed by atoms with Gasteiger partial charge in [-0.15, -0.1) is 0 Å². The molecule has 3 heterocycles. The van der Waals surface area contributed by atoms with E-state index in [-0.39, 0.29) is 17.0 Å². The maximum Gasteiger partial charge on any atom is 0.257 e. The van der Waals surface area contributed by atoms with Gasteiger partial charge >= 0.3 is 0 Å². The molecule has 3 rings (SSSR count). The SMILES string of the molecule is Cc1nn2c(O)c(C)c(=O)[nH]c2c1-c1ccncc1. The van der Waals surface area contributed by atoms with Gasteiger partial charge in [0.25, 0.3) is 5.56 Å². The molecule has 0 unspecified atom stereocenters. The van der Waals surface area contributed by atoms with Crippen LogP contribution in [0.5, 0.6) is 5.88 Å². The Labute approximate surface area is 108 Å². The molecule has 0 bridgehead atoms. The summed E-state index contributed by atoms with van der Waals surface area (Å²) in [6.45, 7) is 3.38. The second-order valence-corrected chi connectivity index (χ2v) is 4.36. The quantitative estimate of drug-likeness (QED) is 0.689. The van der Waals surface area contributed by atoms with Crippen molar-refractivity contribution in [3.05, 3.63) is 46.1 Å². The lowest BCUT2D eigenvalue weighted by molar-refractivity contribution is 0.429. The van der Waals surface area contributed by atoms with Crippen LogP contribution in [0.2, 0.25) is 0 Å². The largest absolute Gasteiger partial charge is 0.493 e. The van der Waals surface area contributed by atoms with Crippen molar-refractivity contribution in [3.63, 3.8) is 0 Å². The Morgan fingerprint density at radius 2 is 1.95 bits per heavy atom. The van der Waals surface area contributed by atoms with E-state index in [9.17, 15) is 9.90 Å². The van der Waals surface area contributed by atoms with Crippen LogP contribution in [0.3, 0.4) is 0 Å². The minimum atomic E-state index is -0.319. The molecule has 0 spiro atoms. The van der Waals surface area contributed by atoms with Crippen molar-refractivity contribution in [1.82, 2.24) is 19.6 Å². The molecule has 0 radical (unpaired) electrons. The monoisotopic (exact) mass is 256 g/mol. The third-order valence-electron chi connectivity index (χ3n) is 3.14. The average molecular weight is 256 g/mol. The Morgan fingerprint density at radius 1 is 1.26 bits per heavy atom. The maximum absolute atomic E-state index is 11.8. The highest BCUT2D eigenvalue weighted by atomic mass is 16.3. The minimum absolute atomic E-state index is 0.137. The van der Waals surface area contributed by atoms with Gasteiger partial charge in [-0.05, 0) is 31.5 Å². The average Bonchev–Trinajstić information content (AvgIpc) is 2.74. The number of fused-ring (bicyclic) bond motifs is 1. The van der Waals surface area contributed by atoms with E-state index in [4.69, 9.17) is 0 Å². The first-order valence-corrected chi connectivity index (χ1v) is 5.81. The van der Waals surface area contributed by atoms with E-state index in [0.717, 1.165) is 16.8 Å². The molecular formula is C13H12N4O2. The highest BCUT2D eigenvalue weighted by molar-refractivity contribution is 5.79. The fourth-order valence-electron chi connectivity index (χ4n) is 2.12. The zero-order chi connectivity index (χ0) is 13.6. The number of hydrogen-bond acceptors (Lipinski definition) is 4. The van der Waals surface area contributed by atoms with Crippen LogP contribution in [0.25, 0.3) is 16.8 Å². The predicted octanol–water partition coefficient (Wildman–Crippen LogP) is 1.41. The van der Waals surface area contributed by atoms with E-state index in [1.54, 1.807) is 19.3 Å². The van der Waals surface area contributed by atoms with E-state index in [2.05, 4.69) is 15.1 Å². The molecular weight excluding hydrogens is 244 g/mol. The van der Waals surface area contributed by atoms with Gasteiger partial charge in [0, 0.05) is 18.0 Å². The van der Waals surface area contributed by atoms with Gasteiger partial charge in [0.2, 0.25) is 5.88 Å². The predicted molar refractivity (Wildman–Crippen MR) is 70.2 cm³/mol. The number of aryl methyl sites for hydroxylation is 1. The summed E-state index contributed by atoms with van der Waals surface area (Å²) in [5.74, 6) is -0.137. The van der Waals surface area contributed by atoms with Crippen LogP contribution in [0.4, 0.5) is 0 Å². The van der Waals surface area contributed by atoms with E-state index in [1.807, 2.05) is 19.1 Å². The van der Waals surface area contributed by atoms with Gasteiger partial charge in [0.15, 0.2) is 0 Å². The lowest BCUT2D eigenvalue weighted by Crippen LogP contribution is -2.12. The van der Waals surface area contributed by atoms with E-state index in [1.165, 1.54) is 4.52 Å². The van der Waals surface area contributed by atoms with E-state index in [0.29, 0.717) is 5.65 Å². The molecule has 0 aliphatic carbocycles. The smallest absolute Gasteiger partial charge is 0.257 e. The fourth-order valence-corrected chi connectivity index (χ4v) is 2.12. The zero-order valence-corrected chi connectivity index (χ0v) is 10.5. The van der Waals surface area contributed by atoms with Crippen LogP contribution in [0, 0.1) is 13.8 Å². The van der Waals surface area contributed by atoms with Crippen LogP contribution in [0.15, 0.2) is 29.3 Å². The van der Waals surface area contributed by atoms with Crippen molar-refractivity contribution in [3.8, 4) is 17.0 Å². The molecule has 19 heavy (non-hydrogen) atoms. The number of nitrogens with zero attached hydrogens (tertiary/aromatic N) is 3. The minimum Gasteiger partial charge on any atom is -0.493 e. The molecule has 0 fully saturated rings. The van der Waals surface area contributed by atoms with E-state index < -0.39 is 0 Å². The summed E-state index contributed by atoms with van der Waals surface area (Å²) >= 11 is 0. The summed E-state index contributed by atoms with van der Waals surface area (Å²) in [5, 5.41) is 14.3. The molecule has 0 aromatic carbocycles. The highest BCUT2D eigenvalue weighted by Crippen LogP contribution is 2.28. The molecule has 96 valence electrons. The number of aromatic hydroxyl groups is 1. The Morgan fingerprint density at radius 3 is 2.63 bits per heavy atom. The Kier molecular flexibility index (Phi) is 2.38. The summed E-state index contributed by atoms with van der Waals surface area (Å²) in [6, 6.07) is 3.67. The number of aromatic amines is 1. The van der Waals surface area contributed by atoms with Crippen LogP contribution in [0.1, 0.15) is 11.3 Å². The summed E-state index contributed by atoms with van der Waals surface area (Å²) in [7, 11) is 0. The Balaban J connectivity index is 2.45. The third-order valence-corrected chi connectivity index (χ3v) is 3.14. The molecule has 0 saturated heterocycles. The normalized spacial score (nSPS) is 11.1. The van der Waals surface area contributed by atoms with Gasteiger partial charge in [0.05, 0.1) is 11.3 Å². The highest BCUT2D eigenvalue weighted by Gasteiger charge is 2.16. The molecule has 0 atom stereocenters. The molecule has 0 aliphatic rings. The standard InChI is InChI=1S/C13H12N4O2/c1-7-12(18)15-11-10(9-3-5-14-6-4-9)8(2)16-17(11)13(7)19/h3-6,19H,1-2H3,(H,15,18). The van der Waals surface area contributed by atoms with Gasteiger partial charge < -0.3 is 10.1 Å². The fraction of sp³-hybridized carbons (Fsp3) is 0.154. The number of nitrogens with one attached hydrogen (secondary N) is 1. The van der Waals surface area contributed by atoms with Gasteiger partial charge in [-0.1, -0.05) is 0 Å². The first-order valence-electron chi connectivity index (χ1n) is 5.81. The number of pyridine rings is 1. The molecule has 6 heteroatoms. The van der Waals surface area contributed by atoms with Crippen LogP contribution in [-0.2, 0) is 0 Å². The first kappa shape index (κ1) is 11.5. The van der Waals surface area contributed by atoms with Crippen molar-refractivity contribution in [2.24, 2.45) is 0 Å². The molecule has 0 saturated carbocycles. The van der Waals surface area contributed by atoms with Gasteiger partial charge in [0.1, 0.15) is 5.65 Å². The Bertz CT molecular complexity index is 818. The number of rotatable bonds is 1. The van der Waals surface area contributed by atoms with Gasteiger partial charge in [-0.3, -0.25) is 9.78 Å². The van der Waals surface area contributed by atoms with Crippen LogP contribution < -0.4 is 5.56 Å². The first-order chi connectivity index (χ1) is 9.09. The second kappa shape index (κ2) is 3.94. The maximum atomic E-state index is 11.8. The summed E-state index contributed by atoms with van der Waals surface area (Å²) in [6.07, 6.45) is 3.34. The Hall–Kier alpha value is -2.63. The number of hydrogen-bond donors (Lipinski definition) is 2. The molecule has 6 nitrogen and oxygen atoms in total. The van der Waals surface area contributed by atoms with Crippen molar-refractivity contribution in [2.45, 2.75) is 13.8 Å². The molecule has 0 amide bonds. The van der Waals surface area contributed by atoms with Crippen molar-refractivity contribution in [1.29, 1.82) is 0 Å². The number of aromatic nitrogens is 4. The molecule has 3 aromatic rings. The van der Waals surface area contributed by atoms with E-state index >= 15 is 0 Å². The zero-order valence-electron chi connectivity index (χ0n) is 10.5. The van der Waals surface area contributed by atoms with Gasteiger partial charge in [-0.2, -0.15) is 9.61 Å². The topological polar surface area (TPSA) is 83.3 Å². The lowest BCUT2D eigenvalue weighted by atomic mass is 10.1. The van der Waals surface area contributed by atoms with Crippen molar-refractivity contribution in [2.75, 3.05) is 0 Å². The second-order valence-electron chi connectivity index (χ2n) is 4.36.